The minimum absolute atomic E-state index is 0.356. The van der Waals surface area contributed by atoms with Crippen molar-refractivity contribution in [3.63, 3.8) is 0 Å². The van der Waals surface area contributed by atoms with Crippen molar-refractivity contribution in [2.24, 2.45) is 11.8 Å². The molecule has 0 radical (unpaired) electrons. The van der Waals surface area contributed by atoms with Gasteiger partial charge in [-0.25, -0.2) is 0 Å². The first-order valence-electron chi connectivity index (χ1n) is 9.30. The number of carbonyl (C=O) groups excluding carboxylic acids is 2. The molecule has 138 valence electrons. The van der Waals surface area contributed by atoms with Gasteiger partial charge >= 0.3 is 11.9 Å². The molecule has 0 amide bonds. The predicted molar refractivity (Wildman–Crippen MR) is 102 cm³/mol. The number of esters is 2. The molecule has 4 nitrogen and oxygen atoms in total. The van der Waals surface area contributed by atoms with E-state index in [4.69, 9.17) is 4.74 Å². The van der Waals surface area contributed by atoms with E-state index in [0.717, 1.165) is 11.1 Å². The van der Waals surface area contributed by atoms with E-state index >= 15 is 0 Å². The van der Waals surface area contributed by atoms with Crippen LogP contribution in [-0.4, -0.2) is 17.0 Å². The number of fused-ring (bicyclic) bond motifs is 2. The summed E-state index contributed by atoms with van der Waals surface area (Å²) in [5.74, 6) is -3.38. The zero-order valence-electron chi connectivity index (χ0n) is 15.0. The van der Waals surface area contributed by atoms with Crippen LogP contribution in [0.2, 0.25) is 0 Å². The first kappa shape index (κ1) is 16.9. The highest BCUT2D eigenvalue weighted by Crippen LogP contribution is 2.56. The molecule has 1 N–H and O–H groups in total. The average Bonchev–Trinajstić information content (AvgIpc) is 3.04. The number of ether oxygens (including phenoxy) is 1. The van der Waals surface area contributed by atoms with Crippen LogP contribution in [0.5, 0.6) is 0 Å². The number of cyclic esters (lactones) is 2. The van der Waals surface area contributed by atoms with Gasteiger partial charge in [0.2, 0.25) is 0 Å². The maximum absolute atomic E-state index is 12.8. The summed E-state index contributed by atoms with van der Waals surface area (Å²) in [6.45, 7) is 0. The van der Waals surface area contributed by atoms with E-state index in [0.29, 0.717) is 11.1 Å². The van der Waals surface area contributed by atoms with E-state index in [2.05, 4.69) is 0 Å². The standard InChI is InChI=1S/C24H18O4/c25-22-20-19(15-9-3-1-4-10-15)17-13-7-8-14-18(17)24(27,21(20)23(26)28-22)16-11-5-2-6-12-16/h1-14,19-21,27H/t19-,20-,21+,24+/m0/s1. The molecule has 1 saturated heterocycles. The second-order valence-electron chi connectivity index (χ2n) is 7.35. The molecular weight excluding hydrogens is 352 g/mol. The molecule has 0 unspecified atom stereocenters. The normalized spacial score (nSPS) is 28.4. The maximum Gasteiger partial charge on any atom is 0.321 e. The van der Waals surface area contributed by atoms with Crippen molar-refractivity contribution in [2.45, 2.75) is 11.5 Å². The fourth-order valence-corrected chi connectivity index (χ4v) is 4.82. The van der Waals surface area contributed by atoms with Gasteiger partial charge in [-0.05, 0) is 22.3 Å². The highest BCUT2D eigenvalue weighted by atomic mass is 16.6. The first-order valence-corrected chi connectivity index (χ1v) is 9.30. The zero-order valence-corrected chi connectivity index (χ0v) is 15.0. The van der Waals surface area contributed by atoms with Gasteiger partial charge in [0.25, 0.3) is 0 Å². The second-order valence-corrected chi connectivity index (χ2v) is 7.35. The van der Waals surface area contributed by atoms with Crippen molar-refractivity contribution in [2.75, 3.05) is 0 Å². The fourth-order valence-electron chi connectivity index (χ4n) is 4.82. The van der Waals surface area contributed by atoms with Crippen LogP contribution in [-0.2, 0) is 19.9 Å². The van der Waals surface area contributed by atoms with Crippen molar-refractivity contribution in [1.29, 1.82) is 0 Å². The largest absolute Gasteiger partial charge is 0.393 e. The van der Waals surface area contributed by atoms with Gasteiger partial charge in [0.15, 0.2) is 0 Å². The lowest BCUT2D eigenvalue weighted by atomic mass is 9.59. The van der Waals surface area contributed by atoms with Gasteiger partial charge in [-0.3, -0.25) is 9.59 Å². The summed E-state index contributed by atoms with van der Waals surface area (Å²) in [4.78, 5) is 25.6. The molecule has 28 heavy (non-hydrogen) atoms. The smallest absolute Gasteiger partial charge is 0.321 e. The lowest BCUT2D eigenvalue weighted by Gasteiger charge is -2.44. The monoisotopic (exact) mass is 370 g/mol. The minimum Gasteiger partial charge on any atom is -0.393 e. The molecule has 3 aromatic carbocycles. The Bertz CT molecular complexity index is 1060. The van der Waals surface area contributed by atoms with Gasteiger partial charge in [-0.1, -0.05) is 84.9 Å². The Kier molecular flexibility index (Phi) is 3.71. The third-order valence-corrected chi connectivity index (χ3v) is 5.97. The zero-order chi connectivity index (χ0) is 19.3. The molecule has 2 aliphatic rings. The van der Waals surface area contributed by atoms with Crippen LogP contribution < -0.4 is 0 Å². The fraction of sp³-hybridized carbons (Fsp3) is 0.167. The van der Waals surface area contributed by atoms with Crippen LogP contribution in [0, 0.1) is 11.8 Å². The summed E-state index contributed by atoms with van der Waals surface area (Å²) in [6, 6.07) is 26.2. The van der Waals surface area contributed by atoms with Gasteiger partial charge in [-0.2, -0.15) is 0 Å². The Morgan fingerprint density at radius 2 is 1.36 bits per heavy atom. The molecule has 1 fully saturated rings. The first-order chi connectivity index (χ1) is 13.6. The summed E-state index contributed by atoms with van der Waals surface area (Å²) in [7, 11) is 0. The van der Waals surface area contributed by atoms with Crippen molar-refractivity contribution < 1.29 is 19.4 Å². The van der Waals surface area contributed by atoms with E-state index < -0.39 is 29.4 Å². The van der Waals surface area contributed by atoms with Gasteiger partial charge < -0.3 is 9.84 Å². The van der Waals surface area contributed by atoms with Crippen molar-refractivity contribution >= 4 is 11.9 Å². The quantitative estimate of drug-likeness (QED) is 0.555. The molecule has 1 aliphatic carbocycles. The molecule has 4 heteroatoms. The van der Waals surface area contributed by atoms with E-state index in [9.17, 15) is 14.7 Å². The molecule has 1 heterocycles. The molecule has 4 atom stereocenters. The van der Waals surface area contributed by atoms with Gasteiger partial charge in [0.1, 0.15) is 11.5 Å². The van der Waals surface area contributed by atoms with E-state index in [1.807, 2.05) is 72.8 Å². The lowest BCUT2D eigenvalue weighted by molar-refractivity contribution is -0.155. The van der Waals surface area contributed by atoms with Crippen molar-refractivity contribution in [3.05, 3.63) is 107 Å². The molecule has 1 aliphatic heterocycles. The summed E-state index contributed by atoms with van der Waals surface area (Å²) >= 11 is 0. The Balaban J connectivity index is 1.83. The number of hydrogen-bond donors (Lipinski definition) is 1. The molecule has 5 rings (SSSR count). The highest BCUT2D eigenvalue weighted by molar-refractivity contribution is 5.99. The van der Waals surface area contributed by atoms with E-state index in [1.165, 1.54) is 0 Å². The van der Waals surface area contributed by atoms with Crippen LogP contribution in [0.25, 0.3) is 0 Å². The minimum atomic E-state index is -1.63. The third-order valence-electron chi connectivity index (χ3n) is 5.97. The summed E-state index contributed by atoms with van der Waals surface area (Å²) in [5.41, 5.74) is 1.36. The molecule has 0 aromatic heterocycles. The molecule has 0 spiro atoms. The number of aliphatic hydroxyl groups is 1. The van der Waals surface area contributed by atoms with Crippen molar-refractivity contribution in [3.8, 4) is 0 Å². The van der Waals surface area contributed by atoms with E-state index in [-0.39, 0.29) is 5.92 Å². The molecular formula is C24H18O4. The SMILES string of the molecule is O=C1OC(=O)[C@H]2[C@@H]1[C@@H](c1ccccc1)c1ccccc1[C@]2(O)c1ccccc1. The summed E-state index contributed by atoms with van der Waals surface area (Å²) in [6.07, 6.45) is 0. The van der Waals surface area contributed by atoms with E-state index in [1.54, 1.807) is 12.1 Å². The number of carbonyl (C=O) groups is 2. The van der Waals surface area contributed by atoms with Gasteiger partial charge in [0, 0.05) is 5.92 Å². The topological polar surface area (TPSA) is 63.6 Å². The van der Waals surface area contributed by atoms with Crippen LogP contribution >= 0.6 is 0 Å². The highest BCUT2D eigenvalue weighted by Gasteiger charge is 2.63. The second kappa shape index (κ2) is 6.14. The predicted octanol–water partition coefficient (Wildman–Crippen LogP) is 3.38. The Labute approximate surface area is 162 Å². The van der Waals surface area contributed by atoms with Crippen LogP contribution in [0.1, 0.15) is 28.2 Å². The summed E-state index contributed by atoms with van der Waals surface area (Å²) < 4.78 is 5.07. The average molecular weight is 370 g/mol. The van der Waals surface area contributed by atoms with Crippen molar-refractivity contribution in [1.82, 2.24) is 0 Å². The van der Waals surface area contributed by atoms with Gasteiger partial charge in [0.05, 0.1) is 5.92 Å². The van der Waals surface area contributed by atoms with Crippen LogP contribution in [0.3, 0.4) is 0 Å². The molecule has 0 bridgehead atoms. The van der Waals surface area contributed by atoms with Crippen LogP contribution in [0.4, 0.5) is 0 Å². The Morgan fingerprint density at radius 1 is 0.750 bits per heavy atom. The third kappa shape index (κ3) is 2.21. The lowest BCUT2D eigenvalue weighted by Crippen LogP contribution is -2.48. The molecule has 3 aromatic rings. The van der Waals surface area contributed by atoms with Crippen LogP contribution in [0.15, 0.2) is 84.9 Å². The number of benzene rings is 3. The Morgan fingerprint density at radius 3 is 2.07 bits per heavy atom. The Hall–Kier alpha value is -3.24. The molecule has 0 saturated carbocycles. The summed E-state index contributed by atoms with van der Waals surface area (Å²) in [5, 5.41) is 12.0. The number of hydrogen-bond acceptors (Lipinski definition) is 4. The number of rotatable bonds is 2. The maximum atomic E-state index is 12.8. The van der Waals surface area contributed by atoms with Gasteiger partial charge in [-0.15, -0.1) is 0 Å².